The molecule has 1 heterocycles. The molecule has 4 heteroatoms. The van der Waals surface area contributed by atoms with Crippen LogP contribution in [-0.2, 0) is 6.42 Å². The maximum Gasteiger partial charge on any atom is 0.0944 e. The van der Waals surface area contributed by atoms with Crippen LogP contribution in [0.15, 0.2) is 0 Å². The van der Waals surface area contributed by atoms with Crippen LogP contribution in [0, 0.1) is 5.92 Å². The molecule has 0 spiro atoms. The van der Waals surface area contributed by atoms with Gasteiger partial charge in [-0.05, 0) is 23.9 Å². The molecule has 1 unspecified atom stereocenters. The zero-order valence-corrected chi connectivity index (χ0v) is 9.84. The third-order valence-corrected chi connectivity index (χ3v) is 3.52. The minimum Gasteiger partial charge on any atom is -0.387 e. The molecule has 0 amide bonds. The van der Waals surface area contributed by atoms with Crippen molar-refractivity contribution in [3.05, 3.63) is 10.6 Å². The van der Waals surface area contributed by atoms with Gasteiger partial charge < -0.3 is 5.11 Å². The van der Waals surface area contributed by atoms with E-state index in [9.17, 15) is 5.11 Å². The zero-order valence-electron chi connectivity index (χ0n) is 9.03. The fraction of sp³-hybridized carbons (Fsp3) is 0.800. The summed E-state index contributed by atoms with van der Waals surface area (Å²) >= 11 is 1.33. The van der Waals surface area contributed by atoms with Crippen molar-refractivity contribution in [3.63, 3.8) is 0 Å². The molecule has 1 rings (SSSR count). The standard InChI is InChI=1S/C10H18N2OS/c1-4-7(5-2)9(13)10-8(6-3)11-12-14-10/h7,9,13H,4-6H2,1-3H3. The highest BCUT2D eigenvalue weighted by Gasteiger charge is 2.22. The molecule has 0 aliphatic rings. The van der Waals surface area contributed by atoms with Crippen LogP contribution in [0.1, 0.15) is 50.3 Å². The van der Waals surface area contributed by atoms with Gasteiger partial charge in [-0.1, -0.05) is 38.1 Å². The molecule has 1 atom stereocenters. The molecule has 80 valence electrons. The van der Waals surface area contributed by atoms with Gasteiger partial charge in [0.15, 0.2) is 0 Å². The maximum absolute atomic E-state index is 10.1. The first-order valence-corrected chi connectivity index (χ1v) is 6.01. The average Bonchev–Trinajstić information content (AvgIpc) is 2.67. The van der Waals surface area contributed by atoms with Crippen LogP contribution in [0.2, 0.25) is 0 Å². The number of hydrogen-bond acceptors (Lipinski definition) is 4. The van der Waals surface area contributed by atoms with Crippen molar-refractivity contribution in [2.45, 2.75) is 46.1 Å². The maximum atomic E-state index is 10.1. The van der Waals surface area contributed by atoms with Crippen molar-refractivity contribution in [2.24, 2.45) is 5.92 Å². The minimum atomic E-state index is -0.375. The highest BCUT2D eigenvalue weighted by Crippen LogP contribution is 2.30. The Labute approximate surface area is 89.3 Å². The lowest BCUT2D eigenvalue weighted by molar-refractivity contribution is 0.106. The number of hydrogen-bond donors (Lipinski definition) is 1. The Morgan fingerprint density at radius 1 is 1.29 bits per heavy atom. The highest BCUT2D eigenvalue weighted by atomic mass is 32.1. The van der Waals surface area contributed by atoms with Crippen LogP contribution in [0.4, 0.5) is 0 Å². The largest absolute Gasteiger partial charge is 0.387 e. The number of aliphatic hydroxyl groups excluding tert-OH is 1. The second-order valence-electron chi connectivity index (χ2n) is 3.46. The lowest BCUT2D eigenvalue weighted by Crippen LogP contribution is -2.11. The SMILES string of the molecule is CCc1nnsc1C(O)C(CC)CC. The molecule has 1 N–H and O–H groups in total. The zero-order chi connectivity index (χ0) is 10.6. The first kappa shape index (κ1) is 11.6. The topological polar surface area (TPSA) is 46.0 Å². The van der Waals surface area contributed by atoms with E-state index in [0.29, 0.717) is 5.92 Å². The molecule has 0 aliphatic carbocycles. The second kappa shape index (κ2) is 5.41. The van der Waals surface area contributed by atoms with Crippen molar-refractivity contribution in [1.82, 2.24) is 9.59 Å². The number of aromatic nitrogens is 2. The van der Waals surface area contributed by atoms with E-state index in [0.717, 1.165) is 29.8 Å². The van der Waals surface area contributed by atoms with Gasteiger partial charge in [0.05, 0.1) is 16.7 Å². The summed E-state index contributed by atoms with van der Waals surface area (Å²) in [6.07, 6.45) is 2.47. The molecule has 3 nitrogen and oxygen atoms in total. The Morgan fingerprint density at radius 3 is 2.43 bits per heavy atom. The Kier molecular flexibility index (Phi) is 4.48. The van der Waals surface area contributed by atoms with Crippen molar-refractivity contribution < 1.29 is 5.11 Å². The summed E-state index contributed by atoms with van der Waals surface area (Å²) in [6, 6.07) is 0. The molecule has 1 aromatic heterocycles. The van der Waals surface area contributed by atoms with E-state index in [1.807, 2.05) is 6.92 Å². The Hall–Kier alpha value is -0.480. The van der Waals surface area contributed by atoms with Gasteiger partial charge in [-0.15, -0.1) is 5.10 Å². The minimum absolute atomic E-state index is 0.336. The van der Waals surface area contributed by atoms with Gasteiger partial charge >= 0.3 is 0 Å². The van der Waals surface area contributed by atoms with Crippen molar-refractivity contribution in [2.75, 3.05) is 0 Å². The summed E-state index contributed by atoms with van der Waals surface area (Å²) in [5, 5.41) is 14.1. The molecule has 0 radical (unpaired) electrons. The summed E-state index contributed by atoms with van der Waals surface area (Å²) in [7, 11) is 0. The molecule has 0 bridgehead atoms. The summed E-state index contributed by atoms with van der Waals surface area (Å²) in [5.74, 6) is 0.336. The van der Waals surface area contributed by atoms with E-state index < -0.39 is 0 Å². The molecular formula is C10H18N2OS. The third kappa shape index (κ3) is 2.30. The van der Waals surface area contributed by atoms with Crippen LogP contribution in [-0.4, -0.2) is 14.7 Å². The monoisotopic (exact) mass is 214 g/mol. The number of aliphatic hydroxyl groups is 1. The highest BCUT2D eigenvalue weighted by molar-refractivity contribution is 7.05. The molecule has 0 aromatic carbocycles. The molecule has 0 aliphatic heterocycles. The second-order valence-corrected chi connectivity index (χ2v) is 4.24. The van der Waals surface area contributed by atoms with Gasteiger partial charge in [0, 0.05) is 0 Å². The molecule has 0 fully saturated rings. The van der Waals surface area contributed by atoms with E-state index in [1.54, 1.807) is 0 Å². The van der Waals surface area contributed by atoms with Crippen LogP contribution >= 0.6 is 11.5 Å². The van der Waals surface area contributed by atoms with E-state index in [4.69, 9.17) is 0 Å². The third-order valence-electron chi connectivity index (χ3n) is 2.68. The van der Waals surface area contributed by atoms with Crippen LogP contribution in [0.3, 0.4) is 0 Å². The molecule has 1 aromatic rings. The van der Waals surface area contributed by atoms with Crippen molar-refractivity contribution in [1.29, 1.82) is 0 Å². The predicted molar refractivity (Wildman–Crippen MR) is 58.3 cm³/mol. The van der Waals surface area contributed by atoms with E-state index in [1.165, 1.54) is 11.5 Å². The summed E-state index contributed by atoms with van der Waals surface area (Å²) < 4.78 is 3.90. The summed E-state index contributed by atoms with van der Waals surface area (Å²) in [5.41, 5.74) is 0.953. The smallest absolute Gasteiger partial charge is 0.0944 e. The van der Waals surface area contributed by atoms with Gasteiger partial charge in [-0.2, -0.15) is 0 Å². The van der Waals surface area contributed by atoms with Gasteiger partial charge in [0.25, 0.3) is 0 Å². The molecule has 0 saturated carbocycles. The van der Waals surface area contributed by atoms with Crippen LogP contribution in [0.25, 0.3) is 0 Å². The predicted octanol–water partition coefficient (Wildman–Crippen LogP) is 2.57. The Balaban J connectivity index is 2.81. The summed E-state index contributed by atoms with van der Waals surface area (Å²) in [6.45, 7) is 6.26. The Morgan fingerprint density at radius 2 is 1.93 bits per heavy atom. The average molecular weight is 214 g/mol. The fourth-order valence-electron chi connectivity index (χ4n) is 1.63. The van der Waals surface area contributed by atoms with E-state index in [-0.39, 0.29) is 6.10 Å². The molecule has 0 saturated heterocycles. The van der Waals surface area contributed by atoms with Crippen molar-refractivity contribution in [3.8, 4) is 0 Å². The van der Waals surface area contributed by atoms with E-state index in [2.05, 4.69) is 23.4 Å². The summed E-state index contributed by atoms with van der Waals surface area (Å²) in [4.78, 5) is 0.959. The number of rotatable bonds is 5. The first-order valence-electron chi connectivity index (χ1n) is 5.23. The normalized spacial score (nSPS) is 13.5. The molecular weight excluding hydrogens is 196 g/mol. The van der Waals surface area contributed by atoms with Gasteiger partial charge in [-0.25, -0.2) is 0 Å². The van der Waals surface area contributed by atoms with Crippen molar-refractivity contribution >= 4 is 11.5 Å². The van der Waals surface area contributed by atoms with Crippen LogP contribution in [0.5, 0.6) is 0 Å². The fourth-order valence-corrected chi connectivity index (χ4v) is 2.45. The lowest BCUT2D eigenvalue weighted by atomic mass is 9.94. The Bertz CT molecular complexity index is 271. The van der Waals surface area contributed by atoms with Gasteiger partial charge in [0.1, 0.15) is 0 Å². The van der Waals surface area contributed by atoms with Gasteiger partial charge in [0.2, 0.25) is 0 Å². The lowest BCUT2D eigenvalue weighted by Gasteiger charge is -2.18. The number of aryl methyl sites for hydroxylation is 1. The molecule has 14 heavy (non-hydrogen) atoms. The van der Waals surface area contributed by atoms with Crippen LogP contribution < -0.4 is 0 Å². The first-order chi connectivity index (χ1) is 6.74. The van der Waals surface area contributed by atoms with E-state index >= 15 is 0 Å². The van der Waals surface area contributed by atoms with Gasteiger partial charge in [-0.3, -0.25) is 0 Å². The quantitative estimate of drug-likeness (QED) is 0.819. The number of nitrogens with zero attached hydrogens (tertiary/aromatic N) is 2.